The first-order valence-corrected chi connectivity index (χ1v) is 4.71. The smallest absolute Gasteiger partial charge is 0.335 e. The summed E-state index contributed by atoms with van der Waals surface area (Å²) in [5, 5.41) is 18.6. The molecule has 7 heteroatoms. The van der Waals surface area contributed by atoms with Gasteiger partial charge in [0.15, 0.2) is 12.4 Å². The van der Waals surface area contributed by atoms with Gasteiger partial charge in [0.25, 0.3) is 0 Å². The van der Waals surface area contributed by atoms with Gasteiger partial charge in [-0.1, -0.05) is 0 Å². The van der Waals surface area contributed by atoms with Gasteiger partial charge >= 0.3 is 5.97 Å². The lowest BCUT2D eigenvalue weighted by Crippen LogP contribution is -2.61. The average Bonchev–Trinajstić information content (AvgIpc) is 2.27. The number of rotatable bonds is 4. The van der Waals surface area contributed by atoms with Crippen LogP contribution in [0.25, 0.3) is 0 Å². The molecule has 0 aliphatic carbocycles. The van der Waals surface area contributed by atoms with Crippen LogP contribution in [-0.2, 0) is 23.7 Å². The van der Waals surface area contributed by atoms with Crippen molar-refractivity contribution in [2.45, 2.75) is 30.7 Å². The number of aliphatic carboxylic acids is 1. The Labute approximate surface area is 92.9 Å². The zero-order chi connectivity index (χ0) is 12.3. The van der Waals surface area contributed by atoms with Crippen molar-refractivity contribution in [3.05, 3.63) is 0 Å². The van der Waals surface area contributed by atoms with Crippen LogP contribution in [0.5, 0.6) is 0 Å². The van der Waals surface area contributed by atoms with E-state index >= 15 is 0 Å². The van der Waals surface area contributed by atoms with Gasteiger partial charge in [-0.05, 0) is 0 Å². The molecule has 5 atom stereocenters. The quantitative estimate of drug-likeness (QED) is 0.635. The van der Waals surface area contributed by atoms with Gasteiger partial charge in [0.1, 0.15) is 18.3 Å². The third-order valence-corrected chi connectivity index (χ3v) is 2.54. The summed E-state index contributed by atoms with van der Waals surface area (Å²) in [4.78, 5) is 10.8. The fourth-order valence-electron chi connectivity index (χ4n) is 1.74. The largest absolute Gasteiger partial charge is 0.479 e. The number of hydrogen-bond acceptors (Lipinski definition) is 6. The van der Waals surface area contributed by atoms with E-state index in [1.165, 1.54) is 21.3 Å². The van der Waals surface area contributed by atoms with E-state index in [1.807, 2.05) is 0 Å². The van der Waals surface area contributed by atoms with Crippen molar-refractivity contribution in [3.63, 3.8) is 0 Å². The van der Waals surface area contributed by atoms with Crippen LogP contribution in [0.3, 0.4) is 0 Å². The van der Waals surface area contributed by atoms with E-state index in [0.717, 1.165) is 0 Å². The van der Waals surface area contributed by atoms with Gasteiger partial charge in [0, 0.05) is 21.3 Å². The van der Waals surface area contributed by atoms with Crippen molar-refractivity contribution in [2.24, 2.45) is 0 Å². The number of carboxylic acid groups (broad SMARTS) is 1. The SMILES string of the molecule is CO[C@H]1O[C@@H](C(=O)O)[C@@H](O)[C@H](OC)[C@H]1OC. The van der Waals surface area contributed by atoms with Gasteiger partial charge in [0.2, 0.25) is 0 Å². The third-order valence-electron chi connectivity index (χ3n) is 2.54. The van der Waals surface area contributed by atoms with Crippen LogP contribution in [0.2, 0.25) is 0 Å². The minimum Gasteiger partial charge on any atom is -0.479 e. The van der Waals surface area contributed by atoms with E-state index in [9.17, 15) is 9.90 Å². The second-order valence-electron chi connectivity index (χ2n) is 3.39. The van der Waals surface area contributed by atoms with Crippen molar-refractivity contribution >= 4 is 5.97 Å². The van der Waals surface area contributed by atoms with Crippen LogP contribution >= 0.6 is 0 Å². The lowest BCUT2D eigenvalue weighted by molar-refractivity contribution is -0.296. The molecule has 0 amide bonds. The van der Waals surface area contributed by atoms with Gasteiger partial charge in [-0.3, -0.25) is 0 Å². The molecule has 16 heavy (non-hydrogen) atoms. The highest BCUT2D eigenvalue weighted by Gasteiger charge is 2.49. The highest BCUT2D eigenvalue weighted by atomic mass is 16.7. The Morgan fingerprint density at radius 1 is 1.12 bits per heavy atom. The van der Waals surface area contributed by atoms with Crippen molar-refractivity contribution < 1.29 is 34.0 Å². The van der Waals surface area contributed by atoms with E-state index in [2.05, 4.69) is 0 Å². The Hall–Kier alpha value is -0.730. The summed E-state index contributed by atoms with van der Waals surface area (Å²) in [5.41, 5.74) is 0. The van der Waals surface area contributed by atoms with Crippen LogP contribution < -0.4 is 0 Å². The number of carbonyl (C=O) groups is 1. The average molecular weight is 236 g/mol. The summed E-state index contributed by atoms with van der Waals surface area (Å²) in [5.74, 6) is -1.27. The molecule has 7 nitrogen and oxygen atoms in total. The molecule has 0 bridgehead atoms. The van der Waals surface area contributed by atoms with E-state index in [0.29, 0.717) is 0 Å². The van der Waals surface area contributed by atoms with Crippen LogP contribution in [0.15, 0.2) is 0 Å². The molecular weight excluding hydrogens is 220 g/mol. The maximum absolute atomic E-state index is 10.8. The summed E-state index contributed by atoms with van der Waals surface area (Å²) in [6.07, 6.45) is -5.08. The van der Waals surface area contributed by atoms with Crippen LogP contribution in [-0.4, -0.2) is 68.2 Å². The van der Waals surface area contributed by atoms with Crippen molar-refractivity contribution in [3.8, 4) is 0 Å². The molecule has 1 rings (SSSR count). The van der Waals surface area contributed by atoms with Crippen molar-refractivity contribution in [1.29, 1.82) is 0 Å². The van der Waals surface area contributed by atoms with Crippen LogP contribution in [0, 0.1) is 0 Å². The Bertz CT molecular complexity index is 244. The Kier molecular flexibility index (Phi) is 4.63. The molecule has 2 N–H and O–H groups in total. The van der Waals surface area contributed by atoms with E-state index in [4.69, 9.17) is 24.1 Å². The molecule has 0 aromatic rings. The fourth-order valence-corrected chi connectivity index (χ4v) is 1.74. The Morgan fingerprint density at radius 2 is 1.69 bits per heavy atom. The number of aliphatic hydroxyl groups excluding tert-OH is 1. The van der Waals surface area contributed by atoms with Gasteiger partial charge in [-0.25, -0.2) is 4.79 Å². The molecular formula is C9H16O7. The number of aliphatic hydroxyl groups is 1. The van der Waals surface area contributed by atoms with Gasteiger partial charge < -0.3 is 29.2 Å². The highest BCUT2D eigenvalue weighted by molar-refractivity contribution is 5.73. The molecule has 1 fully saturated rings. The van der Waals surface area contributed by atoms with Crippen LogP contribution in [0.1, 0.15) is 0 Å². The first-order valence-electron chi connectivity index (χ1n) is 4.71. The second kappa shape index (κ2) is 5.55. The summed E-state index contributed by atoms with van der Waals surface area (Å²) < 4.78 is 20.1. The Balaban J connectivity index is 2.89. The zero-order valence-corrected chi connectivity index (χ0v) is 9.32. The van der Waals surface area contributed by atoms with Crippen molar-refractivity contribution in [2.75, 3.05) is 21.3 Å². The first kappa shape index (κ1) is 13.3. The lowest BCUT2D eigenvalue weighted by Gasteiger charge is -2.41. The third kappa shape index (κ3) is 2.33. The fraction of sp³-hybridized carbons (Fsp3) is 0.889. The molecule has 1 aliphatic heterocycles. The standard InChI is InChI=1S/C9H16O7/c1-13-5-4(10)6(8(11)12)16-9(15-3)7(5)14-2/h4-7,9-10H,1-3H3,(H,11,12)/t4-,5-,6+,7+,9-/m0/s1. The first-order chi connectivity index (χ1) is 7.56. The molecule has 0 saturated carbocycles. The maximum atomic E-state index is 10.8. The summed E-state index contributed by atoms with van der Waals surface area (Å²) in [6.45, 7) is 0. The number of methoxy groups -OCH3 is 3. The molecule has 1 saturated heterocycles. The topological polar surface area (TPSA) is 94.5 Å². The van der Waals surface area contributed by atoms with Gasteiger partial charge in [0.05, 0.1) is 0 Å². The minimum atomic E-state index is -1.39. The summed E-state index contributed by atoms with van der Waals surface area (Å²) in [6, 6.07) is 0. The zero-order valence-electron chi connectivity index (χ0n) is 9.32. The normalized spacial score (nSPS) is 39.6. The lowest BCUT2D eigenvalue weighted by atomic mass is 9.98. The number of ether oxygens (including phenoxy) is 4. The molecule has 0 unspecified atom stereocenters. The predicted octanol–water partition coefficient (Wildman–Crippen LogP) is -1.17. The van der Waals surface area contributed by atoms with Gasteiger partial charge in [-0.15, -0.1) is 0 Å². The molecule has 0 aromatic carbocycles. The molecule has 0 radical (unpaired) electrons. The molecule has 1 heterocycles. The molecule has 94 valence electrons. The summed E-state index contributed by atoms with van der Waals surface area (Å²) >= 11 is 0. The summed E-state index contributed by atoms with van der Waals surface area (Å²) in [7, 11) is 4.12. The van der Waals surface area contributed by atoms with Crippen molar-refractivity contribution in [1.82, 2.24) is 0 Å². The predicted molar refractivity (Wildman–Crippen MR) is 50.9 cm³/mol. The molecule has 0 spiro atoms. The second-order valence-corrected chi connectivity index (χ2v) is 3.39. The molecule has 1 aliphatic rings. The van der Waals surface area contributed by atoms with E-state index < -0.39 is 36.7 Å². The van der Waals surface area contributed by atoms with E-state index in [1.54, 1.807) is 0 Å². The number of carboxylic acids is 1. The number of hydrogen-bond donors (Lipinski definition) is 2. The Morgan fingerprint density at radius 3 is 2.06 bits per heavy atom. The molecule has 0 aromatic heterocycles. The van der Waals surface area contributed by atoms with E-state index in [-0.39, 0.29) is 0 Å². The minimum absolute atomic E-state index is 0.680. The maximum Gasteiger partial charge on any atom is 0.335 e. The van der Waals surface area contributed by atoms with Gasteiger partial charge in [-0.2, -0.15) is 0 Å². The van der Waals surface area contributed by atoms with Crippen LogP contribution in [0.4, 0.5) is 0 Å². The monoisotopic (exact) mass is 236 g/mol. The highest BCUT2D eigenvalue weighted by Crippen LogP contribution is 2.25.